The van der Waals surface area contributed by atoms with Gasteiger partial charge in [0.2, 0.25) is 0 Å². The summed E-state index contributed by atoms with van der Waals surface area (Å²) in [5.74, 6) is 0. The molecule has 1 atom stereocenters. The van der Waals surface area contributed by atoms with Gasteiger partial charge in [-0.1, -0.05) is 30.3 Å². The molecule has 6 heteroatoms. The predicted octanol–water partition coefficient (Wildman–Crippen LogP) is 2.84. The number of aromatic nitrogens is 1. The molecule has 2 heterocycles. The van der Waals surface area contributed by atoms with Crippen LogP contribution < -0.4 is 0 Å². The molecule has 1 aromatic heterocycles. The van der Waals surface area contributed by atoms with Crippen LogP contribution in [0.15, 0.2) is 65.7 Å². The lowest BCUT2D eigenvalue weighted by atomic mass is 10.1. The third-order valence-corrected chi connectivity index (χ3v) is 6.87. The quantitative estimate of drug-likeness (QED) is 0.750. The van der Waals surface area contributed by atoms with Crippen LogP contribution in [-0.4, -0.2) is 41.6 Å². The second kappa shape index (κ2) is 6.87. The smallest absolute Gasteiger partial charge is 0.268 e. The van der Waals surface area contributed by atoms with E-state index in [1.54, 1.807) is 36.5 Å². The molecule has 4 rings (SSSR count). The maximum atomic E-state index is 13.0. The zero-order chi connectivity index (χ0) is 18.1. The molecule has 26 heavy (non-hydrogen) atoms. The summed E-state index contributed by atoms with van der Waals surface area (Å²) in [6.07, 6.45) is 3.73. The Morgan fingerprint density at radius 3 is 2.62 bits per heavy atom. The number of aliphatic hydroxyl groups excluding tert-OH is 1. The van der Waals surface area contributed by atoms with Crippen LogP contribution in [0.25, 0.3) is 10.9 Å². The van der Waals surface area contributed by atoms with E-state index in [0.717, 1.165) is 36.9 Å². The van der Waals surface area contributed by atoms with Gasteiger partial charge in [0.05, 0.1) is 17.0 Å². The number of fused-ring (bicyclic) bond motifs is 1. The maximum absolute atomic E-state index is 13.0. The van der Waals surface area contributed by atoms with Crippen molar-refractivity contribution in [1.29, 1.82) is 0 Å². The molecule has 1 aliphatic rings. The molecule has 136 valence electrons. The third-order valence-electron chi connectivity index (χ3n) is 5.17. The fraction of sp³-hybridized carbons (Fsp3) is 0.300. The van der Waals surface area contributed by atoms with Gasteiger partial charge in [-0.2, -0.15) is 0 Å². The molecule has 1 N–H and O–H groups in total. The molecule has 1 fully saturated rings. The van der Waals surface area contributed by atoms with Crippen molar-refractivity contribution >= 4 is 20.9 Å². The van der Waals surface area contributed by atoms with Crippen molar-refractivity contribution in [2.75, 3.05) is 13.2 Å². The summed E-state index contributed by atoms with van der Waals surface area (Å²) in [5, 5.41) is 10.5. The largest absolute Gasteiger partial charge is 0.395 e. The van der Waals surface area contributed by atoms with Crippen molar-refractivity contribution in [3.63, 3.8) is 0 Å². The van der Waals surface area contributed by atoms with E-state index in [1.165, 1.54) is 3.97 Å². The van der Waals surface area contributed by atoms with Crippen LogP contribution in [-0.2, 0) is 16.6 Å². The van der Waals surface area contributed by atoms with Crippen molar-refractivity contribution in [2.24, 2.45) is 0 Å². The molecule has 0 amide bonds. The highest BCUT2D eigenvalue weighted by Crippen LogP contribution is 2.27. The van der Waals surface area contributed by atoms with Crippen LogP contribution in [0, 0.1) is 0 Å². The minimum Gasteiger partial charge on any atom is -0.395 e. The zero-order valence-corrected chi connectivity index (χ0v) is 15.3. The first-order valence-corrected chi connectivity index (χ1v) is 10.3. The third kappa shape index (κ3) is 2.94. The van der Waals surface area contributed by atoms with Crippen LogP contribution >= 0.6 is 0 Å². The van der Waals surface area contributed by atoms with Crippen molar-refractivity contribution in [3.05, 3.63) is 66.4 Å². The number of benzene rings is 2. The van der Waals surface area contributed by atoms with E-state index >= 15 is 0 Å². The molecule has 0 aliphatic carbocycles. The number of aliphatic hydroxyl groups is 1. The molecular weight excluding hydrogens is 348 g/mol. The summed E-state index contributed by atoms with van der Waals surface area (Å²) >= 11 is 0. The predicted molar refractivity (Wildman–Crippen MR) is 101 cm³/mol. The fourth-order valence-electron chi connectivity index (χ4n) is 3.79. The van der Waals surface area contributed by atoms with E-state index in [2.05, 4.69) is 4.90 Å². The van der Waals surface area contributed by atoms with Crippen LogP contribution in [0.4, 0.5) is 0 Å². The van der Waals surface area contributed by atoms with Gasteiger partial charge in [0, 0.05) is 24.2 Å². The van der Waals surface area contributed by atoms with Gasteiger partial charge in [-0.3, -0.25) is 4.90 Å². The molecule has 0 unspecified atom stereocenters. The Bertz CT molecular complexity index is 1010. The number of nitrogens with zero attached hydrogens (tertiary/aromatic N) is 2. The Balaban J connectivity index is 1.74. The Labute approximate surface area is 153 Å². The molecular formula is C20H22N2O3S. The first kappa shape index (κ1) is 17.3. The Morgan fingerprint density at radius 1 is 1.04 bits per heavy atom. The van der Waals surface area contributed by atoms with E-state index in [1.807, 2.05) is 24.3 Å². The average Bonchev–Trinajstić information content (AvgIpc) is 3.29. The number of rotatable bonds is 5. The molecule has 0 radical (unpaired) electrons. The Hall–Kier alpha value is -2.15. The van der Waals surface area contributed by atoms with E-state index in [-0.39, 0.29) is 17.5 Å². The molecule has 5 nitrogen and oxygen atoms in total. The summed E-state index contributed by atoms with van der Waals surface area (Å²) < 4.78 is 27.3. The SMILES string of the molecule is O=S(=O)(c1ccccc1)n1ccc2c(CN3CCC[C@@H]3CO)cccc21. The topological polar surface area (TPSA) is 62.5 Å². The second-order valence-corrected chi connectivity index (χ2v) is 8.54. The monoisotopic (exact) mass is 370 g/mol. The van der Waals surface area contributed by atoms with Crippen LogP contribution in [0.3, 0.4) is 0 Å². The van der Waals surface area contributed by atoms with Gasteiger partial charge in [0.25, 0.3) is 10.0 Å². The van der Waals surface area contributed by atoms with Gasteiger partial charge in [-0.25, -0.2) is 12.4 Å². The lowest BCUT2D eigenvalue weighted by Gasteiger charge is -2.23. The van der Waals surface area contributed by atoms with Crippen LogP contribution in [0.1, 0.15) is 18.4 Å². The first-order chi connectivity index (χ1) is 12.6. The highest BCUT2D eigenvalue weighted by Gasteiger charge is 2.25. The van der Waals surface area contributed by atoms with Gasteiger partial charge < -0.3 is 5.11 Å². The first-order valence-electron chi connectivity index (χ1n) is 8.86. The van der Waals surface area contributed by atoms with Gasteiger partial charge >= 0.3 is 0 Å². The number of hydrogen-bond acceptors (Lipinski definition) is 4. The molecule has 0 bridgehead atoms. The summed E-state index contributed by atoms with van der Waals surface area (Å²) in [6.45, 7) is 1.85. The van der Waals surface area contributed by atoms with Crippen molar-refractivity contribution < 1.29 is 13.5 Å². The minimum atomic E-state index is -3.62. The van der Waals surface area contributed by atoms with Crippen LogP contribution in [0.5, 0.6) is 0 Å². The molecule has 1 aliphatic heterocycles. The number of likely N-dealkylation sites (tertiary alicyclic amines) is 1. The van der Waals surface area contributed by atoms with Crippen molar-refractivity contribution in [3.8, 4) is 0 Å². The van der Waals surface area contributed by atoms with E-state index in [9.17, 15) is 13.5 Å². The van der Waals surface area contributed by atoms with E-state index in [4.69, 9.17) is 0 Å². The summed E-state index contributed by atoms with van der Waals surface area (Å²) in [4.78, 5) is 2.56. The van der Waals surface area contributed by atoms with E-state index < -0.39 is 10.0 Å². The van der Waals surface area contributed by atoms with Gasteiger partial charge in [0.1, 0.15) is 0 Å². The minimum absolute atomic E-state index is 0.166. The Morgan fingerprint density at radius 2 is 1.85 bits per heavy atom. The molecule has 1 saturated heterocycles. The number of hydrogen-bond donors (Lipinski definition) is 1. The van der Waals surface area contributed by atoms with Crippen LogP contribution in [0.2, 0.25) is 0 Å². The van der Waals surface area contributed by atoms with Gasteiger partial charge in [-0.05, 0) is 49.2 Å². The Kier molecular flexibility index (Phi) is 4.56. The van der Waals surface area contributed by atoms with E-state index in [0.29, 0.717) is 5.52 Å². The summed E-state index contributed by atoms with van der Waals surface area (Å²) in [6, 6.07) is 16.3. The molecule has 0 spiro atoms. The second-order valence-electron chi connectivity index (χ2n) is 6.73. The normalized spacial score (nSPS) is 18.6. The van der Waals surface area contributed by atoms with Crippen molar-refractivity contribution in [2.45, 2.75) is 30.3 Å². The summed E-state index contributed by atoms with van der Waals surface area (Å²) in [5.41, 5.74) is 1.77. The lowest BCUT2D eigenvalue weighted by molar-refractivity contribution is 0.154. The molecule has 2 aromatic carbocycles. The average molecular weight is 370 g/mol. The molecule has 3 aromatic rings. The highest BCUT2D eigenvalue weighted by atomic mass is 32.2. The lowest BCUT2D eigenvalue weighted by Crippen LogP contribution is -2.31. The van der Waals surface area contributed by atoms with Gasteiger partial charge in [-0.15, -0.1) is 0 Å². The highest BCUT2D eigenvalue weighted by molar-refractivity contribution is 7.90. The van der Waals surface area contributed by atoms with Gasteiger partial charge in [0.15, 0.2) is 0 Å². The fourth-order valence-corrected chi connectivity index (χ4v) is 5.16. The molecule has 0 saturated carbocycles. The standard InChI is InChI=1S/C20H22N2O3S/c23-15-17-7-5-12-21(17)14-16-6-4-10-20-19(16)11-13-22(20)26(24,25)18-8-2-1-3-9-18/h1-4,6,8-11,13,17,23H,5,7,12,14-15H2/t17-/m1/s1. The summed E-state index contributed by atoms with van der Waals surface area (Å²) in [7, 11) is -3.62. The van der Waals surface area contributed by atoms with Crippen molar-refractivity contribution in [1.82, 2.24) is 8.87 Å². The maximum Gasteiger partial charge on any atom is 0.268 e. The zero-order valence-electron chi connectivity index (χ0n) is 14.5.